The van der Waals surface area contributed by atoms with Crippen LogP contribution in [0.25, 0.3) is 0 Å². The first kappa shape index (κ1) is 16.8. The highest BCUT2D eigenvalue weighted by Gasteiger charge is 2.44. The number of carbonyl (C=O) groups excluding carboxylic acids is 1. The van der Waals surface area contributed by atoms with Crippen molar-refractivity contribution in [2.75, 3.05) is 19.9 Å². The number of ether oxygens (including phenoxy) is 1. The van der Waals surface area contributed by atoms with E-state index in [2.05, 4.69) is 46.4 Å². The van der Waals surface area contributed by atoms with Gasteiger partial charge in [0.2, 0.25) is 0 Å². The molecular formula is C16H22BrNO2S. The van der Waals surface area contributed by atoms with Crippen molar-refractivity contribution in [3.63, 3.8) is 0 Å². The summed E-state index contributed by atoms with van der Waals surface area (Å²) in [5.41, 5.74) is 1.43. The van der Waals surface area contributed by atoms with E-state index in [4.69, 9.17) is 4.74 Å². The van der Waals surface area contributed by atoms with Gasteiger partial charge in [0.15, 0.2) is 0 Å². The second kappa shape index (κ2) is 7.16. The lowest BCUT2D eigenvalue weighted by molar-refractivity contribution is -0.141. The van der Waals surface area contributed by atoms with Crippen LogP contribution in [0.15, 0.2) is 27.6 Å². The van der Waals surface area contributed by atoms with Gasteiger partial charge in [0, 0.05) is 21.2 Å². The molecule has 1 saturated carbocycles. The number of hydrogen-bond acceptors (Lipinski definition) is 4. The average Bonchev–Trinajstić information content (AvgIpc) is 3.24. The van der Waals surface area contributed by atoms with Gasteiger partial charge in [-0.1, -0.05) is 6.07 Å². The molecule has 3 nitrogen and oxygen atoms in total. The molecule has 0 heterocycles. The van der Waals surface area contributed by atoms with Crippen LogP contribution in [-0.2, 0) is 9.53 Å². The number of nitrogens with one attached hydrogen (secondary N) is 1. The summed E-state index contributed by atoms with van der Waals surface area (Å²) < 4.78 is 5.92. The fourth-order valence-electron chi connectivity index (χ4n) is 2.23. The molecular weight excluding hydrogens is 350 g/mol. The zero-order chi connectivity index (χ0) is 15.5. The molecule has 0 amide bonds. The van der Waals surface area contributed by atoms with Crippen LogP contribution < -0.4 is 5.32 Å². The van der Waals surface area contributed by atoms with Crippen molar-refractivity contribution in [3.05, 3.63) is 28.2 Å². The van der Waals surface area contributed by atoms with Gasteiger partial charge < -0.3 is 10.1 Å². The minimum Gasteiger partial charge on any atom is -0.469 e. The number of hydrogen-bond donors (Lipinski definition) is 1. The first-order chi connectivity index (χ1) is 9.99. The summed E-state index contributed by atoms with van der Waals surface area (Å²) in [5.74, 6) is 0.882. The quantitative estimate of drug-likeness (QED) is 0.576. The second-order valence-corrected chi connectivity index (χ2v) is 7.61. The van der Waals surface area contributed by atoms with Gasteiger partial charge in [-0.15, -0.1) is 11.8 Å². The zero-order valence-corrected chi connectivity index (χ0v) is 15.1. The fourth-order valence-corrected chi connectivity index (χ4v) is 4.18. The molecule has 0 radical (unpaired) electrons. The van der Waals surface area contributed by atoms with Gasteiger partial charge in [-0.05, 0) is 65.9 Å². The second-order valence-electron chi connectivity index (χ2n) is 5.74. The SMILES string of the molecule is CNC(C)c1ccc(SCC2(CC(=O)OC)CC2)c(Br)c1. The van der Waals surface area contributed by atoms with Gasteiger partial charge >= 0.3 is 5.97 Å². The normalized spacial score (nSPS) is 17.3. The molecule has 116 valence electrons. The predicted molar refractivity (Wildman–Crippen MR) is 90.6 cm³/mol. The predicted octanol–water partition coefficient (Wildman–Crippen LogP) is 4.16. The van der Waals surface area contributed by atoms with Gasteiger partial charge in [0.25, 0.3) is 0 Å². The number of halogens is 1. The Hall–Kier alpha value is -0.520. The van der Waals surface area contributed by atoms with Crippen LogP contribution in [0.4, 0.5) is 0 Å². The van der Waals surface area contributed by atoms with Crippen molar-refractivity contribution < 1.29 is 9.53 Å². The Morgan fingerprint density at radius 3 is 2.76 bits per heavy atom. The highest BCUT2D eigenvalue weighted by atomic mass is 79.9. The zero-order valence-electron chi connectivity index (χ0n) is 12.7. The van der Waals surface area contributed by atoms with Gasteiger partial charge in [-0.25, -0.2) is 0 Å². The van der Waals surface area contributed by atoms with Crippen LogP contribution in [0.3, 0.4) is 0 Å². The summed E-state index contributed by atoms with van der Waals surface area (Å²) in [7, 11) is 3.43. The van der Waals surface area contributed by atoms with Gasteiger partial charge in [0.05, 0.1) is 13.5 Å². The van der Waals surface area contributed by atoms with Crippen molar-refractivity contribution in [1.29, 1.82) is 0 Å². The van der Waals surface area contributed by atoms with Crippen LogP contribution in [0.2, 0.25) is 0 Å². The topological polar surface area (TPSA) is 38.3 Å². The van der Waals surface area contributed by atoms with Gasteiger partial charge in [-0.2, -0.15) is 0 Å². The summed E-state index contributed by atoms with van der Waals surface area (Å²) in [6.07, 6.45) is 2.80. The molecule has 1 fully saturated rings. The lowest BCUT2D eigenvalue weighted by Crippen LogP contribution is -2.13. The highest BCUT2D eigenvalue weighted by molar-refractivity contribution is 9.10. The van der Waals surface area contributed by atoms with Crippen molar-refractivity contribution in [2.24, 2.45) is 5.41 Å². The van der Waals surface area contributed by atoms with Crippen LogP contribution in [0.5, 0.6) is 0 Å². The van der Waals surface area contributed by atoms with E-state index in [1.54, 1.807) is 0 Å². The molecule has 1 atom stereocenters. The molecule has 0 bridgehead atoms. The summed E-state index contributed by atoms with van der Waals surface area (Å²) in [6.45, 7) is 2.14. The highest BCUT2D eigenvalue weighted by Crippen LogP contribution is 2.52. The van der Waals surface area contributed by atoms with Crippen molar-refractivity contribution in [1.82, 2.24) is 5.32 Å². The third-order valence-electron chi connectivity index (χ3n) is 4.13. The number of methoxy groups -OCH3 is 1. The lowest BCUT2D eigenvalue weighted by Gasteiger charge is -2.15. The Morgan fingerprint density at radius 1 is 1.52 bits per heavy atom. The average molecular weight is 372 g/mol. The molecule has 1 aromatic rings. The molecule has 1 aromatic carbocycles. The fraction of sp³-hybridized carbons (Fsp3) is 0.562. The Bertz CT molecular complexity index is 517. The van der Waals surface area contributed by atoms with E-state index in [9.17, 15) is 4.79 Å². The summed E-state index contributed by atoms with van der Waals surface area (Å²) in [6, 6.07) is 6.83. The van der Waals surface area contributed by atoms with E-state index in [-0.39, 0.29) is 11.4 Å². The summed E-state index contributed by atoms with van der Waals surface area (Å²) >= 11 is 5.48. The first-order valence-electron chi connectivity index (χ1n) is 7.16. The Kier molecular flexibility index (Phi) is 5.74. The van der Waals surface area contributed by atoms with Crippen LogP contribution in [0, 0.1) is 5.41 Å². The van der Waals surface area contributed by atoms with E-state index < -0.39 is 0 Å². The molecule has 5 heteroatoms. The maximum Gasteiger partial charge on any atom is 0.306 e. The molecule has 21 heavy (non-hydrogen) atoms. The third kappa shape index (κ3) is 4.47. The standard InChI is InChI=1S/C16H22BrNO2S/c1-11(18-2)12-4-5-14(13(17)8-12)21-10-16(6-7-16)9-15(19)20-3/h4-5,8,11,18H,6-7,9-10H2,1-3H3. The van der Waals surface area contributed by atoms with Crippen molar-refractivity contribution in [2.45, 2.75) is 37.1 Å². The smallest absolute Gasteiger partial charge is 0.306 e. The molecule has 0 aliphatic heterocycles. The Morgan fingerprint density at radius 2 is 2.24 bits per heavy atom. The molecule has 1 unspecified atom stereocenters. The number of benzene rings is 1. The van der Waals surface area contributed by atoms with E-state index in [0.717, 1.165) is 23.1 Å². The van der Waals surface area contributed by atoms with Gasteiger partial charge in [0.1, 0.15) is 0 Å². The van der Waals surface area contributed by atoms with Crippen LogP contribution >= 0.6 is 27.7 Å². The lowest BCUT2D eigenvalue weighted by atomic mass is 10.1. The largest absolute Gasteiger partial charge is 0.469 e. The minimum absolute atomic E-state index is 0.0923. The monoisotopic (exact) mass is 371 g/mol. The van der Waals surface area contributed by atoms with E-state index in [0.29, 0.717) is 12.5 Å². The first-order valence-corrected chi connectivity index (χ1v) is 8.94. The molecule has 2 rings (SSSR count). The maximum absolute atomic E-state index is 11.5. The van der Waals surface area contributed by atoms with E-state index in [1.807, 2.05) is 18.8 Å². The molecule has 0 aromatic heterocycles. The molecule has 1 aliphatic rings. The number of thioether (sulfide) groups is 1. The van der Waals surface area contributed by atoms with Crippen LogP contribution in [-0.4, -0.2) is 25.9 Å². The Labute approximate surface area is 139 Å². The van der Waals surface area contributed by atoms with E-state index in [1.165, 1.54) is 17.6 Å². The third-order valence-corrected chi connectivity index (χ3v) is 6.47. The van der Waals surface area contributed by atoms with Crippen molar-refractivity contribution >= 4 is 33.7 Å². The Balaban J connectivity index is 1.96. The minimum atomic E-state index is -0.0923. The molecule has 1 N–H and O–H groups in total. The number of rotatable bonds is 7. The van der Waals surface area contributed by atoms with E-state index >= 15 is 0 Å². The van der Waals surface area contributed by atoms with Gasteiger partial charge in [-0.3, -0.25) is 4.79 Å². The maximum atomic E-state index is 11.5. The molecule has 0 saturated heterocycles. The van der Waals surface area contributed by atoms with Crippen LogP contribution in [0.1, 0.15) is 37.8 Å². The number of esters is 1. The summed E-state index contributed by atoms with van der Waals surface area (Å²) in [5, 5.41) is 3.24. The molecule has 1 aliphatic carbocycles. The van der Waals surface area contributed by atoms with Crippen molar-refractivity contribution in [3.8, 4) is 0 Å². The number of carbonyl (C=O) groups is 1. The molecule has 0 spiro atoms. The summed E-state index contributed by atoms with van der Waals surface area (Å²) in [4.78, 5) is 12.7.